The van der Waals surface area contributed by atoms with Gasteiger partial charge in [0.25, 0.3) is 0 Å². The quantitative estimate of drug-likeness (QED) is 0.663. The molecule has 0 spiro atoms. The minimum atomic E-state index is 0.438. The zero-order valence-electron chi connectivity index (χ0n) is 11.5. The lowest BCUT2D eigenvalue weighted by atomic mass is 10.1. The molecule has 0 aromatic carbocycles. The van der Waals surface area contributed by atoms with Gasteiger partial charge in [-0.1, -0.05) is 30.7 Å². The standard InChI is InChI=1S/C16H23N/c1-13(2)17(14(3)4)15(5)11-12-16-9-7-6-8-10-16/h7,9-10,13-14H,5-6,8H2,1-4H3. The van der Waals surface area contributed by atoms with Gasteiger partial charge in [0.2, 0.25) is 0 Å². The molecule has 0 N–H and O–H groups in total. The summed E-state index contributed by atoms with van der Waals surface area (Å²) in [6.45, 7) is 12.8. The van der Waals surface area contributed by atoms with E-state index in [2.05, 4.69) is 69.2 Å². The lowest BCUT2D eigenvalue weighted by Gasteiger charge is -2.32. The second kappa shape index (κ2) is 6.35. The molecule has 0 heterocycles. The highest BCUT2D eigenvalue weighted by atomic mass is 15.2. The van der Waals surface area contributed by atoms with E-state index in [4.69, 9.17) is 0 Å². The van der Waals surface area contributed by atoms with E-state index in [-0.39, 0.29) is 0 Å². The van der Waals surface area contributed by atoms with Gasteiger partial charge in [0.1, 0.15) is 0 Å². The predicted octanol–water partition coefficient (Wildman–Crippen LogP) is 3.90. The van der Waals surface area contributed by atoms with Gasteiger partial charge in [-0.3, -0.25) is 0 Å². The summed E-state index contributed by atoms with van der Waals surface area (Å²) in [5.41, 5.74) is 2.03. The molecule has 0 amide bonds. The maximum Gasteiger partial charge on any atom is 0.0814 e. The molecule has 1 aliphatic carbocycles. The van der Waals surface area contributed by atoms with Crippen LogP contribution < -0.4 is 0 Å². The molecule has 0 saturated heterocycles. The fourth-order valence-corrected chi connectivity index (χ4v) is 2.13. The first-order chi connectivity index (χ1) is 8.02. The molecular weight excluding hydrogens is 206 g/mol. The van der Waals surface area contributed by atoms with E-state index in [1.807, 2.05) is 0 Å². The van der Waals surface area contributed by atoms with Gasteiger partial charge >= 0.3 is 0 Å². The van der Waals surface area contributed by atoms with E-state index in [0.717, 1.165) is 24.1 Å². The SMILES string of the molecule is C=C(C#CC1=CCCC=C1)N(C(C)C)C(C)C. The largest absolute Gasteiger partial charge is 0.360 e. The van der Waals surface area contributed by atoms with Gasteiger partial charge in [0, 0.05) is 17.7 Å². The van der Waals surface area contributed by atoms with Crippen LogP contribution in [0.5, 0.6) is 0 Å². The molecule has 92 valence electrons. The summed E-state index contributed by atoms with van der Waals surface area (Å²) >= 11 is 0. The van der Waals surface area contributed by atoms with Crippen molar-refractivity contribution in [1.29, 1.82) is 0 Å². The molecule has 0 atom stereocenters. The van der Waals surface area contributed by atoms with E-state index in [9.17, 15) is 0 Å². The molecule has 0 fully saturated rings. The Morgan fingerprint density at radius 1 is 1.24 bits per heavy atom. The zero-order chi connectivity index (χ0) is 12.8. The average molecular weight is 229 g/mol. The summed E-state index contributed by atoms with van der Waals surface area (Å²) < 4.78 is 0. The van der Waals surface area contributed by atoms with Crippen LogP contribution in [-0.4, -0.2) is 17.0 Å². The molecular formula is C16H23N. The van der Waals surface area contributed by atoms with Gasteiger partial charge in [0.05, 0.1) is 5.70 Å². The monoisotopic (exact) mass is 229 g/mol. The normalized spacial score (nSPS) is 14.4. The molecule has 0 bridgehead atoms. The van der Waals surface area contributed by atoms with Gasteiger partial charge < -0.3 is 4.90 Å². The van der Waals surface area contributed by atoms with E-state index in [1.165, 1.54) is 0 Å². The van der Waals surface area contributed by atoms with Crippen molar-refractivity contribution in [2.45, 2.75) is 52.6 Å². The van der Waals surface area contributed by atoms with Crippen molar-refractivity contribution < 1.29 is 0 Å². The minimum absolute atomic E-state index is 0.438. The Morgan fingerprint density at radius 2 is 1.88 bits per heavy atom. The number of allylic oxidation sites excluding steroid dienone is 5. The summed E-state index contributed by atoms with van der Waals surface area (Å²) in [7, 11) is 0. The van der Waals surface area contributed by atoms with Crippen molar-refractivity contribution in [3.63, 3.8) is 0 Å². The fraction of sp³-hybridized carbons (Fsp3) is 0.500. The highest BCUT2D eigenvalue weighted by Gasteiger charge is 2.13. The maximum atomic E-state index is 4.08. The molecule has 0 aliphatic heterocycles. The lowest BCUT2D eigenvalue weighted by Crippen LogP contribution is -2.35. The first-order valence-electron chi connectivity index (χ1n) is 6.38. The molecule has 17 heavy (non-hydrogen) atoms. The van der Waals surface area contributed by atoms with Crippen molar-refractivity contribution in [2.75, 3.05) is 0 Å². The van der Waals surface area contributed by atoms with E-state index < -0.39 is 0 Å². The summed E-state index contributed by atoms with van der Waals surface area (Å²) in [5, 5.41) is 0. The van der Waals surface area contributed by atoms with Crippen LogP contribution in [0.15, 0.2) is 36.1 Å². The zero-order valence-corrected chi connectivity index (χ0v) is 11.5. The highest BCUT2D eigenvalue weighted by molar-refractivity contribution is 5.43. The van der Waals surface area contributed by atoms with Crippen LogP contribution in [0.25, 0.3) is 0 Å². The summed E-state index contributed by atoms with van der Waals surface area (Å²) in [6, 6.07) is 0.875. The molecule has 1 heteroatoms. The fourth-order valence-electron chi connectivity index (χ4n) is 2.13. The molecule has 1 rings (SSSR count). The van der Waals surface area contributed by atoms with Crippen LogP contribution in [-0.2, 0) is 0 Å². The Bertz CT molecular complexity index is 377. The van der Waals surface area contributed by atoms with Crippen molar-refractivity contribution in [3.05, 3.63) is 36.1 Å². The third-order valence-corrected chi connectivity index (χ3v) is 2.77. The van der Waals surface area contributed by atoms with Gasteiger partial charge in [-0.25, -0.2) is 0 Å². The average Bonchev–Trinajstić information content (AvgIpc) is 2.27. The Kier molecular flexibility index (Phi) is 5.10. The van der Waals surface area contributed by atoms with Crippen molar-refractivity contribution >= 4 is 0 Å². The smallest absolute Gasteiger partial charge is 0.0814 e. The topological polar surface area (TPSA) is 3.24 Å². The number of rotatable bonds is 3. The molecule has 1 nitrogen and oxygen atoms in total. The van der Waals surface area contributed by atoms with Crippen LogP contribution in [0.2, 0.25) is 0 Å². The number of hydrogen-bond acceptors (Lipinski definition) is 1. The highest BCUT2D eigenvalue weighted by Crippen LogP contribution is 2.13. The minimum Gasteiger partial charge on any atom is -0.360 e. The van der Waals surface area contributed by atoms with E-state index in [1.54, 1.807) is 0 Å². The van der Waals surface area contributed by atoms with E-state index in [0.29, 0.717) is 12.1 Å². The summed E-state index contributed by atoms with van der Waals surface area (Å²) in [5.74, 6) is 6.37. The molecule has 0 unspecified atom stereocenters. The van der Waals surface area contributed by atoms with Crippen LogP contribution in [0.3, 0.4) is 0 Å². The van der Waals surface area contributed by atoms with E-state index >= 15 is 0 Å². The summed E-state index contributed by atoms with van der Waals surface area (Å²) in [4.78, 5) is 2.25. The molecule has 0 aromatic heterocycles. The summed E-state index contributed by atoms with van der Waals surface area (Å²) in [6.07, 6.45) is 8.70. The van der Waals surface area contributed by atoms with Crippen molar-refractivity contribution in [1.82, 2.24) is 4.90 Å². The second-order valence-electron chi connectivity index (χ2n) is 4.93. The van der Waals surface area contributed by atoms with Gasteiger partial charge in [0.15, 0.2) is 0 Å². The second-order valence-corrected chi connectivity index (χ2v) is 4.93. The maximum absolute atomic E-state index is 4.08. The van der Waals surface area contributed by atoms with Gasteiger partial charge in [-0.05, 0) is 46.5 Å². The lowest BCUT2D eigenvalue weighted by molar-refractivity contribution is 0.242. The molecule has 1 aliphatic rings. The Labute approximate surface area is 106 Å². The Morgan fingerprint density at radius 3 is 2.35 bits per heavy atom. The van der Waals surface area contributed by atoms with Gasteiger partial charge in [-0.15, -0.1) is 0 Å². The van der Waals surface area contributed by atoms with Crippen LogP contribution in [0.1, 0.15) is 40.5 Å². The Balaban J connectivity index is 2.74. The van der Waals surface area contributed by atoms with Crippen LogP contribution in [0.4, 0.5) is 0 Å². The molecule has 0 aromatic rings. The van der Waals surface area contributed by atoms with Crippen molar-refractivity contribution in [3.8, 4) is 11.8 Å². The van der Waals surface area contributed by atoms with Crippen molar-refractivity contribution in [2.24, 2.45) is 0 Å². The first-order valence-corrected chi connectivity index (χ1v) is 6.38. The third-order valence-electron chi connectivity index (χ3n) is 2.77. The van der Waals surface area contributed by atoms with Crippen LogP contribution >= 0.6 is 0 Å². The Hall–Kier alpha value is -1.42. The molecule has 0 saturated carbocycles. The van der Waals surface area contributed by atoms with Gasteiger partial charge in [-0.2, -0.15) is 0 Å². The predicted molar refractivity (Wildman–Crippen MR) is 75.5 cm³/mol. The molecule has 0 radical (unpaired) electrons. The van der Waals surface area contributed by atoms with Crippen LogP contribution in [0, 0.1) is 11.8 Å². The number of hydrogen-bond donors (Lipinski definition) is 0. The number of nitrogens with zero attached hydrogens (tertiary/aromatic N) is 1. The third kappa shape index (κ3) is 4.15. The first kappa shape index (κ1) is 13.6.